The van der Waals surface area contributed by atoms with Gasteiger partial charge in [0.25, 0.3) is 0 Å². The molecule has 0 unspecified atom stereocenters. The van der Waals surface area contributed by atoms with Gasteiger partial charge >= 0.3 is 0 Å². The minimum atomic E-state index is 0.897. The Hall–Kier alpha value is -2.63. The SMILES string of the molecule is O=C=Cc1ccccc1-c1cccc2ccccc12. The van der Waals surface area contributed by atoms with Gasteiger partial charge in [0.1, 0.15) is 5.94 Å². The van der Waals surface area contributed by atoms with Crippen molar-refractivity contribution in [1.82, 2.24) is 0 Å². The molecule has 0 aliphatic rings. The first-order valence-electron chi connectivity index (χ1n) is 6.18. The van der Waals surface area contributed by atoms with E-state index < -0.39 is 0 Å². The highest BCUT2D eigenvalue weighted by molar-refractivity contribution is 5.99. The number of benzene rings is 3. The maximum absolute atomic E-state index is 10.6. The third kappa shape index (κ3) is 2.08. The van der Waals surface area contributed by atoms with Gasteiger partial charge in [-0.2, -0.15) is 0 Å². The van der Waals surface area contributed by atoms with Gasteiger partial charge in [0.2, 0.25) is 0 Å². The van der Waals surface area contributed by atoms with E-state index in [-0.39, 0.29) is 0 Å². The van der Waals surface area contributed by atoms with Crippen LogP contribution in [0.3, 0.4) is 0 Å². The Kier molecular flexibility index (Phi) is 2.97. The third-order valence-corrected chi connectivity index (χ3v) is 3.26. The van der Waals surface area contributed by atoms with E-state index in [4.69, 9.17) is 0 Å². The molecule has 0 amide bonds. The van der Waals surface area contributed by atoms with E-state index in [1.807, 2.05) is 48.4 Å². The molecule has 90 valence electrons. The van der Waals surface area contributed by atoms with Gasteiger partial charge in [0.05, 0.1) is 0 Å². The van der Waals surface area contributed by atoms with Gasteiger partial charge in [-0.25, -0.2) is 4.79 Å². The van der Waals surface area contributed by atoms with Crippen LogP contribution in [0.4, 0.5) is 0 Å². The molecule has 0 aliphatic heterocycles. The molecule has 0 saturated heterocycles. The van der Waals surface area contributed by atoms with Crippen molar-refractivity contribution in [2.45, 2.75) is 0 Å². The van der Waals surface area contributed by atoms with Gasteiger partial charge < -0.3 is 0 Å². The molecule has 0 heterocycles. The maximum atomic E-state index is 10.6. The van der Waals surface area contributed by atoms with Gasteiger partial charge in [-0.15, -0.1) is 0 Å². The van der Waals surface area contributed by atoms with Crippen LogP contribution < -0.4 is 0 Å². The van der Waals surface area contributed by atoms with Crippen molar-refractivity contribution in [3.05, 3.63) is 72.3 Å². The molecule has 0 N–H and O–H groups in total. The average Bonchev–Trinajstić information content (AvgIpc) is 2.48. The molecule has 0 aromatic heterocycles. The first-order valence-corrected chi connectivity index (χ1v) is 6.18. The molecule has 3 aromatic rings. The number of hydrogen-bond donors (Lipinski definition) is 0. The topological polar surface area (TPSA) is 17.1 Å². The lowest BCUT2D eigenvalue weighted by atomic mass is 9.95. The summed E-state index contributed by atoms with van der Waals surface area (Å²) in [6.07, 6.45) is 1.48. The van der Waals surface area contributed by atoms with E-state index in [0.717, 1.165) is 16.7 Å². The zero-order chi connectivity index (χ0) is 13.1. The molecule has 1 nitrogen and oxygen atoms in total. The van der Waals surface area contributed by atoms with Crippen LogP contribution >= 0.6 is 0 Å². The highest BCUT2D eigenvalue weighted by Gasteiger charge is 2.06. The highest BCUT2D eigenvalue weighted by Crippen LogP contribution is 2.31. The zero-order valence-electron chi connectivity index (χ0n) is 10.3. The van der Waals surface area contributed by atoms with Crippen LogP contribution in [0.5, 0.6) is 0 Å². The molecule has 0 spiro atoms. The van der Waals surface area contributed by atoms with Crippen LogP contribution in [0.15, 0.2) is 66.7 Å². The van der Waals surface area contributed by atoms with Crippen LogP contribution in [0.25, 0.3) is 28.0 Å². The molecule has 0 radical (unpaired) electrons. The fourth-order valence-corrected chi connectivity index (χ4v) is 2.39. The number of carbonyl (C=O) groups excluding carboxylic acids is 1. The minimum absolute atomic E-state index is 0.897. The highest BCUT2D eigenvalue weighted by atomic mass is 16.1. The zero-order valence-corrected chi connectivity index (χ0v) is 10.3. The van der Waals surface area contributed by atoms with Crippen LogP contribution in [0, 0.1) is 0 Å². The van der Waals surface area contributed by atoms with Gasteiger partial charge in [-0.3, -0.25) is 0 Å². The summed E-state index contributed by atoms with van der Waals surface area (Å²) in [6.45, 7) is 0. The Morgan fingerprint density at radius 1 is 0.737 bits per heavy atom. The second-order valence-electron chi connectivity index (χ2n) is 4.38. The second-order valence-corrected chi connectivity index (χ2v) is 4.38. The van der Waals surface area contributed by atoms with E-state index in [1.54, 1.807) is 0 Å². The fraction of sp³-hybridized carbons (Fsp3) is 0. The molecular formula is C18H12O. The van der Waals surface area contributed by atoms with E-state index >= 15 is 0 Å². The summed E-state index contributed by atoms with van der Waals surface area (Å²) < 4.78 is 0. The minimum Gasteiger partial charge on any atom is -0.233 e. The van der Waals surface area contributed by atoms with Crippen LogP contribution in [-0.2, 0) is 4.79 Å². The summed E-state index contributed by atoms with van der Waals surface area (Å²) in [5.74, 6) is 1.87. The quantitative estimate of drug-likeness (QED) is 0.612. The van der Waals surface area contributed by atoms with E-state index in [2.05, 4.69) is 24.3 Å². The lowest BCUT2D eigenvalue weighted by Crippen LogP contribution is -1.85. The number of fused-ring (bicyclic) bond motifs is 1. The molecule has 0 bridgehead atoms. The van der Waals surface area contributed by atoms with Gasteiger partial charge in [-0.05, 0) is 27.5 Å². The van der Waals surface area contributed by atoms with Crippen LogP contribution in [0.2, 0.25) is 0 Å². The predicted molar refractivity (Wildman–Crippen MR) is 79.5 cm³/mol. The van der Waals surface area contributed by atoms with Gasteiger partial charge in [0.15, 0.2) is 0 Å². The molecule has 0 aliphatic carbocycles. The van der Waals surface area contributed by atoms with Crippen molar-refractivity contribution in [2.24, 2.45) is 0 Å². The smallest absolute Gasteiger partial charge is 0.125 e. The lowest BCUT2D eigenvalue weighted by molar-refractivity contribution is 0.570. The summed E-state index contributed by atoms with van der Waals surface area (Å²) in [5.41, 5.74) is 3.09. The Morgan fingerprint density at radius 2 is 1.42 bits per heavy atom. The van der Waals surface area contributed by atoms with Crippen LogP contribution in [-0.4, -0.2) is 5.94 Å². The van der Waals surface area contributed by atoms with E-state index in [1.165, 1.54) is 16.8 Å². The second kappa shape index (κ2) is 4.93. The molecule has 0 saturated carbocycles. The Bertz CT molecular complexity index is 775. The van der Waals surface area contributed by atoms with Crippen LogP contribution in [0.1, 0.15) is 5.56 Å². The average molecular weight is 244 g/mol. The molecule has 1 heteroatoms. The normalized spacial score (nSPS) is 10.1. The standard InChI is InChI=1S/C18H12O/c19-13-12-15-7-2-4-10-17(15)18-11-5-8-14-6-1-3-9-16(14)18/h1-12H. The van der Waals surface area contributed by atoms with E-state index in [9.17, 15) is 4.79 Å². The number of rotatable bonds is 2. The third-order valence-electron chi connectivity index (χ3n) is 3.26. The first-order chi connectivity index (χ1) is 9.40. The van der Waals surface area contributed by atoms with Crippen molar-refractivity contribution in [3.8, 4) is 11.1 Å². The van der Waals surface area contributed by atoms with Crippen molar-refractivity contribution in [2.75, 3.05) is 0 Å². The molecule has 0 fully saturated rings. The Labute approximate surface area is 111 Å². The van der Waals surface area contributed by atoms with Crippen molar-refractivity contribution < 1.29 is 4.79 Å². The molecule has 19 heavy (non-hydrogen) atoms. The maximum Gasteiger partial charge on any atom is 0.125 e. The molecule has 3 rings (SSSR count). The summed E-state index contributed by atoms with van der Waals surface area (Å²) in [7, 11) is 0. The van der Waals surface area contributed by atoms with Crippen molar-refractivity contribution in [3.63, 3.8) is 0 Å². The van der Waals surface area contributed by atoms with E-state index in [0.29, 0.717) is 0 Å². The summed E-state index contributed by atoms with van der Waals surface area (Å²) in [6, 6.07) is 22.4. The first kappa shape index (κ1) is 11.5. The van der Waals surface area contributed by atoms with Gasteiger partial charge in [0, 0.05) is 6.08 Å². The summed E-state index contributed by atoms with van der Waals surface area (Å²) >= 11 is 0. The van der Waals surface area contributed by atoms with Crippen molar-refractivity contribution >= 4 is 22.8 Å². The molecule has 3 aromatic carbocycles. The largest absolute Gasteiger partial charge is 0.233 e. The Morgan fingerprint density at radius 3 is 2.32 bits per heavy atom. The summed E-state index contributed by atoms with van der Waals surface area (Å²) in [5, 5.41) is 2.39. The number of hydrogen-bond acceptors (Lipinski definition) is 1. The fourth-order valence-electron chi connectivity index (χ4n) is 2.39. The monoisotopic (exact) mass is 244 g/mol. The van der Waals surface area contributed by atoms with Crippen molar-refractivity contribution in [1.29, 1.82) is 0 Å². The summed E-state index contributed by atoms with van der Waals surface area (Å²) in [4.78, 5) is 10.6. The molecule has 0 atom stereocenters. The predicted octanol–water partition coefficient (Wildman–Crippen LogP) is 4.35. The molecular weight excluding hydrogens is 232 g/mol. The lowest BCUT2D eigenvalue weighted by Gasteiger charge is -2.09. The Balaban J connectivity index is 2.34. The van der Waals surface area contributed by atoms with Gasteiger partial charge in [-0.1, -0.05) is 66.7 Å².